The second-order valence-corrected chi connectivity index (χ2v) is 5.91. The topological polar surface area (TPSA) is 84.0 Å². The highest BCUT2D eigenvalue weighted by molar-refractivity contribution is 14.0. The van der Waals surface area contributed by atoms with Gasteiger partial charge in [0.15, 0.2) is 17.5 Å². The maximum Gasteiger partial charge on any atom is 0.251 e. The standard InChI is InChI=1S/C21H28N4O3.HI/c1-5-23-20(26)16-9-7-8-15(12-16)14-24-21(22-3)25-17-10-11-18(27-4)19(13-17)28-6-2;/h7-13H,5-6,14H2,1-4H3,(H,23,26)(H2,22,24,25);1H. The molecular weight excluding hydrogens is 483 g/mol. The van der Waals surface area contributed by atoms with Crippen LogP contribution < -0.4 is 25.4 Å². The Balaban J connectivity index is 0.00000420. The van der Waals surface area contributed by atoms with Crippen molar-refractivity contribution in [3.63, 3.8) is 0 Å². The van der Waals surface area contributed by atoms with Gasteiger partial charge in [0.25, 0.3) is 5.91 Å². The molecule has 0 bridgehead atoms. The van der Waals surface area contributed by atoms with E-state index in [2.05, 4.69) is 20.9 Å². The second kappa shape index (κ2) is 12.9. The van der Waals surface area contributed by atoms with Crippen LogP contribution in [0, 0.1) is 0 Å². The molecule has 7 nitrogen and oxygen atoms in total. The van der Waals surface area contributed by atoms with E-state index in [9.17, 15) is 4.79 Å². The van der Waals surface area contributed by atoms with Gasteiger partial charge in [-0.15, -0.1) is 24.0 Å². The molecule has 0 radical (unpaired) electrons. The number of carbonyl (C=O) groups is 1. The molecule has 0 heterocycles. The number of rotatable bonds is 8. The van der Waals surface area contributed by atoms with Gasteiger partial charge in [-0.3, -0.25) is 9.79 Å². The lowest BCUT2D eigenvalue weighted by Gasteiger charge is -2.15. The quantitative estimate of drug-likeness (QED) is 0.286. The van der Waals surface area contributed by atoms with E-state index in [1.54, 1.807) is 20.2 Å². The fraction of sp³-hybridized carbons (Fsp3) is 0.333. The monoisotopic (exact) mass is 512 g/mol. The molecule has 0 spiro atoms. The van der Waals surface area contributed by atoms with Crippen LogP contribution in [0.1, 0.15) is 29.8 Å². The Hall–Kier alpha value is -2.49. The lowest BCUT2D eigenvalue weighted by Crippen LogP contribution is -2.30. The molecule has 0 saturated heterocycles. The molecule has 29 heavy (non-hydrogen) atoms. The molecule has 0 aliphatic heterocycles. The van der Waals surface area contributed by atoms with E-state index in [0.29, 0.717) is 42.7 Å². The van der Waals surface area contributed by atoms with Crippen molar-refractivity contribution in [2.24, 2.45) is 4.99 Å². The van der Waals surface area contributed by atoms with E-state index in [1.165, 1.54) is 0 Å². The van der Waals surface area contributed by atoms with Crippen LogP contribution in [0.4, 0.5) is 5.69 Å². The van der Waals surface area contributed by atoms with Crippen LogP contribution in [0.3, 0.4) is 0 Å². The summed E-state index contributed by atoms with van der Waals surface area (Å²) in [6, 6.07) is 13.1. The van der Waals surface area contributed by atoms with Crippen molar-refractivity contribution < 1.29 is 14.3 Å². The largest absolute Gasteiger partial charge is 0.493 e. The normalized spacial score (nSPS) is 10.6. The van der Waals surface area contributed by atoms with Gasteiger partial charge in [0.05, 0.1) is 13.7 Å². The first-order valence-corrected chi connectivity index (χ1v) is 9.26. The number of ether oxygens (including phenoxy) is 2. The fourth-order valence-corrected chi connectivity index (χ4v) is 2.61. The molecule has 0 atom stereocenters. The van der Waals surface area contributed by atoms with Gasteiger partial charge in [0.2, 0.25) is 0 Å². The lowest BCUT2D eigenvalue weighted by molar-refractivity contribution is 0.0955. The number of nitrogens with zero attached hydrogens (tertiary/aromatic N) is 1. The Morgan fingerprint density at radius 1 is 1.07 bits per heavy atom. The number of halogens is 1. The van der Waals surface area contributed by atoms with E-state index in [-0.39, 0.29) is 29.9 Å². The summed E-state index contributed by atoms with van der Waals surface area (Å²) < 4.78 is 10.9. The highest BCUT2D eigenvalue weighted by Crippen LogP contribution is 2.30. The first-order chi connectivity index (χ1) is 13.6. The number of aliphatic imine (C=N–C) groups is 1. The van der Waals surface area contributed by atoms with Crippen LogP contribution in [0.5, 0.6) is 11.5 Å². The summed E-state index contributed by atoms with van der Waals surface area (Å²) in [5.74, 6) is 1.88. The Kier molecular flexibility index (Phi) is 10.9. The third-order valence-electron chi connectivity index (χ3n) is 3.94. The molecule has 2 rings (SSSR count). The molecule has 1 amide bonds. The molecule has 0 unspecified atom stereocenters. The minimum atomic E-state index is -0.0754. The molecule has 0 aromatic heterocycles. The van der Waals surface area contributed by atoms with E-state index in [1.807, 2.05) is 50.2 Å². The summed E-state index contributed by atoms with van der Waals surface area (Å²) in [5.41, 5.74) is 2.45. The zero-order chi connectivity index (χ0) is 20.4. The van der Waals surface area contributed by atoms with Gasteiger partial charge in [0.1, 0.15) is 0 Å². The number of amides is 1. The van der Waals surface area contributed by atoms with Crippen molar-refractivity contribution >= 4 is 41.5 Å². The maximum atomic E-state index is 12.0. The number of anilines is 1. The number of hydrogen-bond donors (Lipinski definition) is 3. The Morgan fingerprint density at radius 2 is 1.86 bits per heavy atom. The molecule has 2 aromatic carbocycles. The summed E-state index contributed by atoms with van der Waals surface area (Å²) >= 11 is 0. The second-order valence-electron chi connectivity index (χ2n) is 5.91. The molecule has 0 aliphatic rings. The summed E-state index contributed by atoms with van der Waals surface area (Å²) in [7, 11) is 3.31. The number of nitrogens with one attached hydrogen (secondary N) is 3. The van der Waals surface area contributed by atoms with E-state index < -0.39 is 0 Å². The Bertz CT molecular complexity index is 827. The molecule has 158 valence electrons. The van der Waals surface area contributed by atoms with Gasteiger partial charge in [0, 0.05) is 37.5 Å². The van der Waals surface area contributed by atoms with Gasteiger partial charge in [-0.1, -0.05) is 12.1 Å². The SMILES string of the molecule is CCNC(=O)c1cccc(CNC(=NC)Nc2ccc(OC)c(OCC)c2)c1.I. The minimum Gasteiger partial charge on any atom is -0.493 e. The van der Waals surface area contributed by atoms with Crippen LogP contribution in [-0.4, -0.2) is 39.2 Å². The number of guanidine groups is 1. The number of benzene rings is 2. The third-order valence-corrected chi connectivity index (χ3v) is 3.94. The zero-order valence-corrected chi connectivity index (χ0v) is 19.6. The highest BCUT2D eigenvalue weighted by Gasteiger charge is 2.08. The van der Waals surface area contributed by atoms with Crippen LogP contribution in [0.15, 0.2) is 47.5 Å². The minimum absolute atomic E-state index is 0. The zero-order valence-electron chi connectivity index (χ0n) is 17.2. The number of methoxy groups -OCH3 is 1. The van der Waals surface area contributed by atoms with Gasteiger partial charge in [-0.2, -0.15) is 0 Å². The summed E-state index contributed by atoms with van der Waals surface area (Å²) in [6.45, 7) is 5.50. The number of hydrogen-bond acceptors (Lipinski definition) is 4. The molecule has 3 N–H and O–H groups in total. The van der Waals surface area contributed by atoms with Crippen molar-refractivity contribution in [1.82, 2.24) is 10.6 Å². The summed E-state index contributed by atoms with van der Waals surface area (Å²) in [5, 5.41) is 9.28. The fourth-order valence-electron chi connectivity index (χ4n) is 2.61. The smallest absolute Gasteiger partial charge is 0.251 e. The molecule has 8 heteroatoms. The Morgan fingerprint density at radius 3 is 2.52 bits per heavy atom. The van der Waals surface area contributed by atoms with Gasteiger partial charge < -0.3 is 25.4 Å². The van der Waals surface area contributed by atoms with Crippen LogP contribution in [0.2, 0.25) is 0 Å². The van der Waals surface area contributed by atoms with Crippen molar-refractivity contribution in [3.05, 3.63) is 53.6 Å². The van der Waals surface area contributed by atoms with Crippen molar-refractivity contribution in [3.8, 4) is 11.5 Å². The van der Waals surface area contributed by atoms with Crippen LogP contribution in [-0.2, 0) is 6.54 Å². The van der Waals surface area contributed by atoms with Crippen molar-refractivity contribution in [2.75, 3.05) is 32.6 Å². The average Bonchev–Trinajstić information content (AvgIpc) is 2.72. The first-order valence-electron chi connectivity index (χ1n) is 9.26. The molecule has 2 aromatic rings. The molecule has 0 fully saturated rings. The predicted octanol–water partition coefficient (Wildman–Crippen LogP) is 3.65. The lowest BCUT2D eigenvalue weighted by atomic mass is 10.1. The summed E-state index contributed by atoms with van der Waals surface area (Å²) in [4.78, 5) is 16.2. The Labute approximate surface area is 189 Å². The number of carbonyl (C=O) groups excluding carboxylic acids is 1. The third kappa shape index (κ3) is 7.45. The van der Waals surface area contributed by atoms with Crippen molar-refractivity contribution in [2.45, 2.75) is 20.4 Å². The maximum absolute atomic E-state index is 12.0. The van der Waals surface area contributed by atoms with Crippen LogP contribution in [0.25, 0.3) is 0 Å². The van der Waals surface area contributed by atoms with Crippen LogP contribution >= 0.6 is 24.0 Å². The van der Waals surface area contributed by atoms with E-state index >= 15 is 0 Å². The van der Waals surface area contributed by atoms with Crippen molar-refractivity contribution in [1.29, 1.82) is 0 Å². The molecular formula is C21H29IN4O3. The predicted molar refractivity (Wildman–Crippen MR) is 128 cm³/mol. The molecule has 0 aliphatic carbocycles. The van der Waals surface area contributed by atoms with Gasteiger partial charge >= 0.3 is 0 Å². The highest BCUT2D eigenvalue weighted by atomic mass is 127. The first kappa shape index (κ1) is 24.5. The van der Waals surface area contributed by atoms with E-state index in [4.69, 9.17) is 9.47 Å². The van der Waals surface area contributed by atoms with E-state index in [0.717, 1.165) is 11.3 Å². The van der Waals surface area contributed by atoms with Gasteiger partial charge in [-0.25, -0.2) is 0 Å². The summed E-state index contributed by atoms with van der Waals surface area (Å²) in [6.07, 6.45) is 0. The average molecular weight is 512 g/mol. The van der Waals surface area contributed by atoms with Gasteiger partial charge in [-0.05, 0) is 43.7 Å². The molecule has 0 saturated carbocycles.